The first-order valence-corrected chi connectivity index (χ1v) is 12.9. The molecule has 0 aromatic rings. The molecule has 31 heavy (non-hydrogen) atoms. The van der Waals surface area contributed by atoms with Gasteiger partial charge in [-0.15, -0.1) is 0 Å². The van der Waals surface area contributed by atoms with Crippen molar-refractivity contribution in [2.24, 2.45) is 57.7 Å². The second-order valence-corrected chi connectivity index (χ2v) is 13.0. The summed E-state index contributed by atoms with van der Waals surface area (Å²) >= 11 is 0. The molecule has 172 valence electrons. The molecule has 6 fully saturated rings. The average Bonchev–Trinajstić information content (AvgIpc) is 3.02. The molecule has 0 saturated heterocycles. The van der Waals surface area contributed by atoms with Gasteiger partial charge in [0, 0.05) is 24.2 Å². The van der Waals surface area contributed by atoms with Crippen molar-refractivity contribution in [3.05, 3.63) is 12.2 Å². The third-order valence-electron chi connectivity index (χ3n) is 11.8. The molecular formula is C28H42O3. The highest BCUT2D eigenvalue weighted by molar-refractivity contribution is 5.96. The predicted molar refractivity (Wildman–Crippen MR) is 122 cm³/mol. The number of carbonyl (C=O) groups excluding carboxylic acids is 2. The summed E-state index contributed by atoms with van der Waals surface area (Å²) in [6, 6.07) is 0. The van der Waals surface area contributed by atoms with Crippen molar-refractivity contribution in [1.29, 1.82) is 0 Å². The van der Waals surface area contributed by atoms with E-state index in [2.05, 4.69) is 53.7 Å². The van der Waals surface area contributed by atoms with Crippen LogP contribution in [0.15, 0.2) is 12.2 Å². The van der Waals surface area contributed by atoms with Crippen LogP contribution in [0.3, 0.4) is 0 Å². The van der Waals surface area contributed by atoms with E-state index in [4.69, 9.17) is 0 Å². The average molecular weight is 427 g/mol. The van der Waals surface area contributed by atoms with Gasteiger partial charge < -0.3 is 5.11 Å². The highest BCUT2D eigenvalue weighted by Crippen LogP contribution is 2.83. The van der Waals surface area contributed by atoms with E-state index in [9.17, 15) is 14.7 Å². The maximum atomic E-state index is 13.6. The lowest BCUT2D eigenvalue weighted by atomic mass is 9.28. The first-order chi connectivity index (χ1) is 14.4. The van der Waals surface area contributed by atoms with E-state index in [1.165, 1.54) is 0 Å². The van der Waals surface area contributed by atoms with E-state index in [0.29, 0.717) is 48.9 Å². The molecule has 4 bridgehead atoms. The van der Waals surface area contributed by atoms with Crippen LogP contribution in [-0.2, 0) is 9.59 Å². The second-order valence-electron chi connectivity index (χ2n) is 13.0. The quantitative estimate of drug-likeness (QED) is 0.595. The molecule has 6 aliphatic rings. The largest absolute Gasteiger partial charge is 0.388 e. The van der Waals surface area contributed by atoms with E-state index in [0.717, 1.165) is 25.7 Å². The minimum Gasteiger partial charge on any atom is -0.388 e. The van der Waals surface area contributed by atoms with Crippen LogP contribution >= 0.6 is 0 Å². The molecule has 6 saturated carbocycles. The highest BCUT2D eigenvalue weighted by Gasteiger charge is 2.84. The van der Waals surface area contributed by atoms with E-state index in [-0.39, 0.29) is 28.3 Å². The number of fused-ring (bicyclic) bond motifs is 1. The smallest absolute Gasteiger partial charge is 0.139 e. The number of allylic oxidation sites excluding steroid dienone is 2. The van der Waals surface area contributed by atoms with Crippen LogP contribution < -0.4 is 0 Å². The minimum absolute atomic E-state index is 0.0896. The molecule has 0 radical (unpaired) electrons. The molecule has 3 heteroatoms. The van der Waals surface area contributed by atoms with Gasteiger partial charge in [-0.2, -0.15) is 0 Å². The lowest BCUT2D eigenvalue weighted by Crippen LogP contribution is -2.80. The van der Waals surface area contributed by atoms with Gasteiger partial charge in [-0.3, -0.25) is 9.59 Å². The van der Waals surface area contributed by atoms with Crippen molar-refractivity contribution in [3.63, 3.8) is 0 Å². The van der Waals surface area contributed by atoms with Gasteiger partial charge in [-0.05, 0) is 72.5 Å². The highest BCUT2D eigenvalue weighted by atomic mass is 16.3. The van der Waals surface area contributed by atoms with Crippen molar-refractivity contribution in [1.82, 2.24) is 0 Å². The van der Waals surface area contributed by atoms with Crippen LogP contribution in [0, 0.1) is 57.7 Å². The Bertz CT molecular complexity index is 843. The molecule has 0 amide bonds. The van der Waals surface area contributed by atoms with E-state index < -0.39 is 16.9 Å². The van der Waals surface area contributed by atoms with Crippen molar-refractivity contribution < 1.29 is 14.7 Å². The molecule has 10 atom stereocenters. The number of rotatable bonds is 4. The van der Waals surface area contributed by atoms with Crippen LogP contribution in [-0.4, -0.2) is 22.3 Å². The van der Waals surface area contributed by atoms with Gasteiger partial charge in [0.05, 0.1) is 11.5 Å². The van der Waals surface area contributed by atoms with Crippen LogP contribution in [0.4, 0.5) is 0 Å². The van der Waals surface area contributed by atoms with Gasteiger partial charge >= 0.3 is 0 Å². The van der Waals surface area contributed by atoms with Gasteiger partial charge in [-0.25, -0.2) is 0 Å². The SMILES string of the molecule is CC(C)[C@@H](C)/C=C\[C@@H](C)[C@H]1CC[C@]2(O)[C@@H]3C(=O)CC[C@@]4(C)[C@@H]3C(=O)C[C@]23[C@@H]4CC[C@]13C. The number of Topliss-reactive ketones (excluding diaryl/α,β-unsaturated/α-hetero) is 2. The fourth-order valence-electron chi connectivity index (χ4n) is 10.0. The molecular weight excluding hydrogens is 384 g/mol. The third kappa shape index (κ3) is 2.35. The maximum absolute atomic E-state index is 13.6. The van der Waals surface area contributed by atoms with Crippen LogP contribution in [0.2, 0.25) is 0 Å². The molecule has 1 N–H and O–H groups in total. The summed E-state index contributed by atoms with van der Waals surface area (Å²) in [5.74, 6) is 2.18. The fourth-order valence-corrected chi connectivity index (χ4v) is 10.0. The molecule has 0 unspecified atom stereocenters. The van der Waals surface area contributed by atoms with E-state index in [1.807, 2.05) is 0 Å². The number of carbonyl (C=O) groups is 2. The molecule has 0 heterocycles. The summed E-state index contributed by atoms with van der Waals surface area (Å²) in [6.07, 6.45) is 10.5. The first-order valence-electron chi connectivity index (χ1n) is 12.9. The van der Waals surface area contributed by atoms with Gasteiger partial charge in [0.2, 0.25) is 0 Å². The zero-order valence-corrected chi connectivity index (χ0v) is 20.4. The molecule has 3 nitrogen and oxygen atoms in total. The third-order valence-corrected chi connectivity index (χ3v) is 11.8. The standard InChI is InChI=1S/C28H42O3/c1-16(2)17(3)7-8-18(4)19-9-14-28(31)24-20(29)10-12-25(5)22-11-13-26(19,6)27(22,28)15-21(30)23(24)25/h7-8,16-19,22-24,31H,9-15H2,1-6H3/b8-7-/t17-,18+,19+,22+,23+,24+,25+,26+,27+,28-/m0/s1. The lowest BCUT2D eigenvalue weighted by Gasteiger charge is -2.76. The summed E-state index contributed by atoms with van der Waals surface area (Å²) in [5, 5.41) is 12.4. The summed E-state index contributed by atoms with van der Waals surface area (Å²) in [7, 11) is 0. The Kier molecular flexibility index (Phi) is 4.62. The molecule has 1 spiro atoms. The Labute approximate surface area is 188 Å². The zero-order chi connectivity index (χ0) is 22.6. The summed E-state index contributed by atoms with van der Waals surface area (Å²) < 4.78 is 0. The summed E-state index contributed by atoms with van der Waals surface area (Å²) in [6.45, 7) is 13.9. The van der Waals surface area contributed by atoms with Crippen molar-refractivity contribution in [2.45, 2.75) is 92.1 Å². The monoisotopic (exact) mass is 426 g/mol. The van der Waals surface area contributed by atoms with Gasteiger partial charge in [-0.1, -0.05) is 53.7 Å². The Morgan fingerprint density at radius 2 is 1.65 bits per heavy atom. The Morgan fingerprint density at radius 3 is 2.32 bits per heavy atom. The summed E-state index contributed by atoms with van der Waals surface area (Å²) in [4.78, 5) is 26.8. The molecule has 0 aromatic heterocycles. The van der Waals surface area contributed by atoms with Gasteiger partial charge in [0.1, 0.15) is 11.6 Å². The van der Waals surface area contributed by atoms with Gasteiger partial charge in [0.15, 0.2) is 0 Å². The normalized spacial score (nSPS) is 52.6. The Balaban J connectivity index is 1.61. The van der Waals surface area contributed by atoms with E-state index in [1.54, 1.807) is 0 Å². The van der Waals surface area contributed by atoms with Crippen LogP contribution in [0.1, 0.15) is 86.5 Å². The van der Waals surface area contributed by atoms with Crippen molar-refractivity contribution in [2.75, 3.05) is 0 Å². The lowest BCUT2D eigenvalue weighted by molar-refractivity contribution is -0.312. The molecule has 0 aromatic carbocycles. The zero-order valence-electron chi connectivity index (χ0n) is 20.4. The van der Waals surface area contributed by atoms with Crippen molar-refractivity contribution >= 4 is 11.6 Å². The molecule has 0 aliphatic heterocycles. The van der Waals surface area contributed by atoms with Crippen LogP contribution in [0.25, 0.3) is 0 Å². The van der Waals surface area contributed by atoms with Crippen LogP contribution in [0.5, 0.6) is 0 Å². The second kappa shape index (κ2) is 6.55. The first kappa shape index (κ1) is 21.9. The van der Waals surface area contributed by atoms with Crippen molar-refractivity contribution in [3.8, 4) is 0 Å². The number of ketones is 2. The minimum atomic E-state index is -0.982. The topological polar surface area (TPSA) is 54.4 Å². The Hall–Kier alpha value is -0.960. The van der Waals surface area contributed by atoms with E-state index >= 15 is 0 Å². The van der Waals surface area contributed by atoms with Gasteiger partial charge in [0.25, 0.3) is 0 Å². The summed E-state index contributed by atoms with van der Waals surface area (Å²) in [5.41, 5.74) is -1.60. The predicted octanol–water partition coefficient (Wildman–Crippen LogP) is 5.60. The molecule has 6 rings (SSSR count). The Morgan fingerprint density at radius 1 is 0.935 bits per heavy atom. The molecule has 6 aliphatic carbocycles. The fraction of sp³-hybridized carbons (Fsp3) is 0.857. The maximum Gasteiger partial charge on any atom is 0.139 e. The number of hydrogen-bond donors (Lipinski definition) is 1. The number of hydrogen-bond acceptors (Lipinski definition) is 3. The number of aliphatic hydroxyl groups is 1.